The number of nitrogens with one attached hydrogen (secondary N) is 2. The molecule has 0 bridgehead atoms. The van der Waals surface area contributed by atoms with Gasteiger partial charge in [0, 0.05) is 6.54 Å². The van der Waals surface area contributed by atoms with E-state index in [1.807, 2.05) is 26.0 Å². The van der Waals surface area contributed by atoms with Crippen LogP contribution in [0.15, 0.2) is 47.6 Å². The number of rotatable bonds is 3. The fraction of sp³-hybridized carbons (Fsp3) is 0.200. The minimum absolute atomic E-state index is 0.544. The summed E-state index contributed by atoms with van der Waals surface area (Å²) in [6.45, 7) is 4.75. The number of fused-ring (bicyclic) bond motifs is 1. The second-order valence-corrected chi connectivity index (χ2v) is 4.64. The average Bonchev–Trinajstić information content (AvgIpc) is 2.44. The topological polar surface area (TPSA) is 36.4 Å². The Bertz CT molecular complexity index is 620. The molecule has 2 aromatic rings. The van der Waals surface area contributed by atoms with Gasteiger partial charge in [0.05, 0.1) is 5.71 Å². The fourth-order valence-corrected chi connectivity index (χ4v) is 2.00. The highest BCUT2D eigenvalue weighted by molar-refractivity contribution is 7.80. The Morgan fingerprint density at radius 1 is 1.16 bits per heavy atom. The molecule has 3 nitrogen and oxygen atoms in total. The molecule has 0 atom stereocenters. The lowest BCUT2D eigenvalue weighted by molar-refractivity contribution is 0.901. The third-order valence-corrected chi connectivity index (χ3v) is 3.07. The molecular formula is C15H17N3S. The van der Waals surface area contributed by atoms with Gasteiger partial charge in [-0.15, -0.1) is 0 Å². The van der Waals surface area contributed by atoms with Crippen molar-refractivity contribution in [3.8, 4) is 0 Å². The Morgan fingerprint density at radius 2 is 1.89 bits per heavy atom. The summed E-state index contributed by atoms with van der Waals surface area (Å²) in [5.41, 5.74) is 4.83. The van der Waals surface area contributed by atoms with Crippen molar-refractivity contribution in [1.29, 1.82) is 0 Å². The van der Waals surface area contributed by atoms with Crippen LogP contribution in [0.4, 0.5) is 0 Å². The highest BCUT2D eigenvalue weighted by atomic mass is 32.1. The van der Waals surface area contributed by atoms with E-state index in [0.29, 0.717) is 5.11 Å². The second-order valence-electron chi connectivity index (χ2n) is 4.23. The average molecular weight is 271 g/mol. The van der Waals surface area contributed by atoms with Gasteiger partial charge in [0.15, 0.2) is 5.11 Å². The molecule has 2 N–H and O–H groups in total. The predicted molar refractivity (Wildman–Crippen MR) is 85.6 cm³/mol. The summed E-state index contributed by atoms with van der Waals surface area (Å²) in [6.07, 6.45) is 0. The number of nitrogens with zero attached hydrogens (tertiary/aromatic N) is 1. The van der Waals surface area contributed by atoms with E-state index in [1.165, 1.54) is 10.8 Å². The van der Waals surface area contributed by atoms with E-state index in [9.17, 15) is 0 Å². The molecule has 0 saturated carbocycles. The van der Waals surface area contributed by atoms with Crippen molar-refractivity contribution in [1.82, 2.24) is 10.7 Å². The van der Waals surface area contributed by atoms with Gasteiger partial charge >= 0.3 is 0 Å². The van der Waals surface area contributed by atoms with Crippen LogP contribution in [-0.2, 0) is 0 Å². The molecule has 0 aliphatic carbocycles. The standard InChI is InChI=1S/C15H17N3S/c1-3-16-15(19)18-17-11(2)13-9-8-12-6-4-5-7-14(12)10-13/h4-10H,3H2,1-2H3,(H2,16,18,19). The molecule has 4 heteroatoms. The van der Waals surface area contributed by atoms with Gasteiger partial charge < -0.3 is 5.32 Å². The number of hydrogen-bond donors (Lipinski definition) is 2. The molecule has 0 fully saturated rings. The van der Waals surface area contributed by atoms with E-state index >= 15 is 0 Å². The normalized spacial score (nSPS) is 11.4. The maximum atomic E-state index is 5.07. The maximum absolute atomic E-state index is 5.07. The van der Waals surface area contributed by atoms with Crippen LogP contribution in [0.2, 0.25) is 0 Å². The van der Waals surface area contributed by atoms with E-state index in [1.54, 1.807) is 0 Å². The van der Waals surface area contributed by atoms with Crippen LogP contribution < -0.4 is 10.7 Å². The molecule has 0 aromatic heterocycles. The summed E-state index contributed by atoms with van der Waals surface area (Å²) < 4.78 is 0. The number of thiocarbonyl (C=S) groups is 1. The molecule has 2 rings (SSSR count). The summed E-state index contributed by atoms with van der Waals surface area (Å²) in [6, 6.07) is 14.6. The van der Waals surface area contributed by atoms with Crippen LogP contribution in [-0.4, -0.2) is 17.4 Å². The van der Waals surface area contributed by atoms with E-state index in [4.69, 9.17) is 12.2 Å². The molecule has 0 saturated heterocycles. The Labute approximate surface area is 118 Å². The maximum Gasteiger partial charge on any atom is 0.186 e. The van der Waals surface area contributed by atoms with Crippen molar-refractivity contribution in [2.75, 3.05) is 6.54 Å². The van der Waals surface area contributed by atoms with Crippen LogP contribution in [0.25, 0.3) is 10.8 Å². The zero-order chi connectivity index (χ0) is 13.7. The van der Waals surface area contributed by atoms with Gasteiger partial charge in [-0.1, -0.05) is 36.4 Å². The van der Waals surface area contributed by atoms with E-state index < -0.39 is 0 Å². The molecule has 0 aliphatic heterocycles. The molecule has 0 aliphatic rings. The minimum atomic E-state index is 0.544. The van der Waals surface area contributed by atoms with Gasteiger partial charge in [-0.25, -0.2) is 0 Å². The lowest BCUT2D eigenvalue weighted by atomic mass is 10.0. The van der Waals surface area contributed by atoms with Gasteiger partial charge in [0.1, 0.15) is 0 Å². The van der Waals surface area contributed by atoms with Crippen molar-refractivity contribution >= 4 is 33.8 Å². The number of hydrogen-bond acceptors (Lipinski definition) is 2. The smallest absolute Gasteiger partial charge is 0.186 e. The van der Waals surface area contributed by atoms with E-state index in [2.05, 4.69) is 46.2 Å². The third kappa shape index (κ3) is 3.51. The lowest BCUT2D eigenvalue weighted by Gasteiger charge is -2.06. The molecule has 0 unspecified atom stereocenters. The molecule has 0 radical (unpaired) electrons. The highest BCUT2D eigenvalue weighted by Crippen LogP contribution is 2.15. The Morgan fingerprint density at radius 3 is 2.63 bits per heavy atom. The summed E-state index contributed by atoms with van der Waals surface area (Å²) in [5.74, 6) is 0. The lowest BCUT2D eigenvalue weighted by Crippen LogP contribution is -2.32. The zero-order valence-corrected chi connectivity index (χ0v) is 11.9. The monoisotopic (exact) mass is 271 g/mol. The van der Waals surface area contributed by atoms with Crippen LogP contribution in [0.3, 0.4) is 0 Å². The van der Waals surface area contributed by atoms with Crippen molar-refractivity contribution < 1.29 is 0 Å². The van der Waals surface area contributed by atoms with Gasteiger partial charge in [-0.2, -0.15) is 5.10 Å². The highest BCUT2D eigenvalue weighted by Gasteiger charge is 2.00. The predicted octanol–water partition coefficient (Wildman–Crippen LogP) is 3.05. The summed E-state index contributed by atoms with van der Waals surface area (Å²) >= 11 is 5.07. The van der Waals surface area contributed by atoms with Gasteiger partial charge in [0.2, 0.25) is 0 Å². The zero-order valence-electron chi connectivity index (χ0n) is 11.1. The first-order valence-corrected chi connectivity index (χ1v) is 6.69. The van der Waals surface area contributed by atoms with E-state index in [-0.39, 0.29) is 0 Å². The summed E-state index contributed by atoms with van der Waals surface area (Å²) in [7, 11) is 0. The fourth-order valence-electron chi connectivity index (χ4n) is 1.81. The van der Waals surface area contributed by atoms with Gasteiger partial charge in [0.25, 0.3) is 0 Å². The molecule has 0 spiro atoms. The quantitative estimate of drug-likeness (QED) is 0.512. The first kappa shape index (κ1) is 13.5. The van der Waals surface area contributed by atoms with Crippen molar-refractivity contribution in [3.05, 3.63) is 48.0 Å². The first-order valence-electron chi connectivity index (χ1n) is 6.28. The first-order chi connectivity index (χ1) is 9.20. The molecule has 0 heterocycles. The Kier molecular flexibility index (Phi) is 4.47. The SMILES string of the molecule is CCNC(=S)NN=C(C)c1ccc2ccccc2c1. The number of hydrazone groups is 1. The summed E-state index contributed by atoms with van der Waals surface area (Å²) in [5, 5.41) is 10.3. The van der Waals surface area contributed by atoms with Crippen LogP contribution in [0, 0.1) is 0 Å². The molecule has 98 valence electrons. The van der Waals surface area contributed by atoms with Gasteiger partial charge in [-0.05, 0) is 48.5 Å². The van der Waals surface area contributed by atoms with Crippen LogP contribution in [0.1, 0.15) is 19.4 Å². The molecule has 19 heavy (non-hydrogen) atoms. The van der Waals surface area contributed by atoms with Crippen LogP contribution in [0.5, 0.6) is 0 Å². The van der Waals surface area contributed by atoms with Crippen molar-refractivity contribution in [3.63, 3.8) is 0 Å². The largest absolute Gasteiger partial charge is 0.362 e. The summed E-state index contributed by atoms with van der Waals surface area (Å²) in [4.78, 5) is 0. The Hall–Kier alpha value is -1.94. The van der Waals surface area contributed by atoms with Crippen molar-refractivity contribution in [2.45, 2.75) is 13.8 Å². The van der Waals surface area contributed by atoms with E-state index in [0.717, 1.165) is 17.8 Å². The molecule has 0 amide bonds. The van der Waals surface area contributed by atoms with Crippen LogP contribution >= 0.6 is 12.2 Å². The van der Waals surface area contributed by atoms with Gasteiger partial charge in [-0.3, -0.25) is 5.43 Å². The molecular weight excluding hydrogens is 254 g/mol. The Balaban J connectivity index is 2.19. The number of benzene rings is 2. The third-order valence-electron chi connectivity index (χ3n) is 2.83. The minimum Gasteiger partial charge on any atom is -0.362 e. The van der Waals surface area contributed by atoms with Crippen molar-refractivity contribution in [2.24, 2.45) is 5.10 Å². The second kappa shape index (κ2) is 6.29. The molecule has 2 aromatic carbocycles.